The van der Waals surface area contributed by atoms with Crippen LogP contribution in [0.3, 0.4) is 0 Å². The Morgan fingerprint density at radius 2 is 2.10 bits per heavy atom. The van der Waals surface area contributed by atoms with E-state index in [4.69, 9.17) is 4.74 Å². The van der Waals surface area contributed by atoms with Crippen molar-refractivity contribution < 1.29 is 27.8 Å². The van der Waals surface area contributed by atoms with Crippen LogP contribution in [0.1, 0.15) is 31.7 Å². The molecule has 1 aromatic carbocycles. The van der Waals surface area contributed by atoms with Gasteiger partial charge in [0.2, 0.25) is 5.91 Å². The molecule has 0 spiro atoms. The molecular formula is C21H23F3N2O3. The molecule has 0 fully saturated rings. The third kappa shape index (κ3) is 5.14. The highest BCUT2D eigenvalue weighted by molar-refractivity contribution is 6.03. The zero-order valence-corrected chi connectivity index (χ0v) is 16.2. The van der Waals surface area contributed by atoms with Crippen molar-refractivity contribution in [2.45, 2.75) is 38.1 Å². The molecule has 1 aromatic rings. The Labute approximate surface area is 167 Å². The summed E-state index contributed by atoms with van der Waals surface area (Å²) in [6, 6.07) is 6.26. The van der Waals surface area contributed by atoms with E-state index in [0.29, 0.717) is 16.9 Å². The van der Waals surface area contributed by atoms with Gasteiger partial charge in [0.05, 0.1) is 19.2 Å². The van der Waals surface area contributed by atoms with Crippen LogP contribution in [0.2, 0.25) is 0 Å². The first kappa shape index (κ1) is 22.4. The van der Waals surface area contributed by atoms with Crippen LogP contribution < -0.4 is 4.74 Å². The Kier molecular flexibility index (Phi) is 7.02. The summed E-state index contributed by atoms with van der Waals surface area (Å²) in [6.07, 6.45) is 0.880. The molecule has 0 saturated carbocycles. The predicted molar refractivity (Wildman–Crippen MR) is 104 cm³/mol. The molecule has 0 aliphatic carbocycles. The van der Waals surface area contributed by atoms with E-state index in [-0.39, 0.29) is 23.6 Å². The number of carbonyl (C=O) groups excluding carboxylic acids is 1. The average molecular weight is 408 g/mol. The minimum absolute atomic E-state index is 0.0520. The van der Waals surface area contributed by atoms with E-state index in [9.17, 15) is 23.1 Å². The fourth-order valence-corrected chi connectivity index (χ4v) is 2.75. The van der Waals surface area contributed by atoms with Crippen molar-refractivity contribution in [2.24, 2.45) is 5.10 Å². The minimum Gasteiger partial charge on any atom is -0.497 e. The molecule has 1 N–H and O–H groups in total. The molecule has 2 rings (SSSR count). The van der Waals surface area contributed by atoms with E-state index in [1.54, 1.807) is 42.5 Å². The third-order valence-electron chi connectivity index (χ3n) is 4.37. The number of amides is 1. The summed E-state index contributed by atoms with van der Waals surface area (Å²) in [5.41, 5.74) is -2.54. The molecule has 0 bridgehead atoms. The van der Waals surface area contributed by atoms with Gasteiger partial charge in [-0.3, -0.25) is 4.79 Å². The Hall–Kier alpha value is -2.87. The molecule has 5 nitrogen and oxygen atoms in total. The number of alkyl halides is 3. The van der Waals surface area contributed by atoms with Crippen LogP contribution in [-0.4, -0.2) is 40.7 Å². The zero-order valence-electron chi connectivity index (χ0n) is 16.2. The third-order valence-corrected chi connectivity index (χ3v) is 4.37. The number of aliphatic hydroxyl groups is 1. The van der Waals surface area contributed by atoms with Crippen LogP contribution in [0.4, 0.5) is 13.2 Å². The number of halogens is 3. The van der Waals surface area contributed by atoms with Crippen LogP contribution in [0.25, 0.3) is 0 Å². The summed E-state index contributed by atoms with van der Waals surface area (Å²) in [5, 5.41) is 14.3. The number of hydrogen-bond acceptors (Lipinski definition) is 4. The molecule has 1 heterocycles. The monoisotopic (exact) mass is 408 g/mol. The molecule has 8 heteroatoms. The van der Waals surface area contributed by atoms with Gasteiger partial charge >= 0.3 is 6.18 Å². The van der Waals surface area contributed by atoms with Gasteiger partial charge in [-0.2, -0.15) is 23.3 Å². The van der Waals surface area contributed by atoms with Crippen molar-refractivity contribution in [1.29, 1.82) is 0 Å². The fraction of sp³-hybridized carbons (Fsp3) is 0.333. The largest absolute Gasteiger partial charge is 0.497 e. The zero-order chi connectivity index (χ0) is 21.7. The first-order valence-corrected chi connectivity index (χ1v) is 8.93. The van der Waals surface area contributed by atoms with Crippen molar-refractivity contribution in [3.63, 3.8) is 0 Å². The van der Waals surface area contributed by atoms with Gasteiger partial charge in [-0.1, -0.05) is 48.6 Å². The molecule has 1 amide bonds. The number of methoxy groups -OCH3 is 1. The van der Waals surface area contributed by atoms with Crippen molar-refractivity contribution in [3.05, 3.63) is 66.3 Å². The number of hydrogen-bond donors (Lipinski definition) is 1. The van der Waals surface area contributed by atoms with Gasteiger partial charge in [0, 0.05) is 12.0 Å². The topological polar surface area (TPSA) is 62.1 Å². The van der Waals surface area contributed by atoms with E-state index in [1.165, 1.54) is 13.2 Å². The van der Waals surface area contributed by atoms with E-state index < -0.39 is 24.2 Å². The van der Waals surface area contributed by atoms with Gasteiger partial charge in [-0.15, -0.1) is 0 Å². The molecule has 1 unspecified atom stereocenters. The Bertz CT molecular complexity index is 859. The minimum atomic E-state index is -5.07. The van der Waals surface area contributed by atoms with Crippen LogP contribution in [-0.2, 0) is 4.79 Å². The molecule has 0 saturated heterocycles. The number of benzene rings is 1. The molecule has 1 aliphatic rings. The van der Waals surface area contributed by atoms with E-state index >= 15 is 0 Å². The first-order valence-electron chi connectivity index (χ1n) is 8.93. The summed E-state index contributed by atoms with van der Waals surface area (Å²) in [4.78, 5) is 12.5. The lowest BCUT2D eigenvalue weighted by Gasteiger charge is -2.32. The molecule has 156 valence electrons. The number of nitrogens with zero attached hydrogens (tertiary/aromatic N) is 2. The van der Waals surface area contributed by atoms with Gasteiger partial charge in [-0.25, -0.2) is 0 Å². The van der Waals surface area contributed by atoms with Gasteiger partial charge in [-0.05, 0) is 25.5 Å². The summed E-state index contributed by atoms with van der Waals surface area (Å²) in [6.45, 7) is 5.60. The molecule has 1 aliphatic heterocycles. The van der Waals surface area contributed by atoms with E-state index in [1.807, 2.05) is 6.92 Å². The molecule has 0 aromatic heterocycles. The summed E-state index contributed by atoms with van der Waals surface area (Å²) >= 11 is 0. The second-order valence-electron chi connectivity index (χ2n) is 6.52. The first-order chi connectivity index (χ1) is 13.6. The highest BCUT2D eigenvalue weighted by Gasteiger charge is 2.63. The van der Waals surface area contributed by atoms with Crippen molar-refractivity contribution in [2.75, 3.05) is 7.11 Å². The second-order valence-corrected chi connectivity index (χ2v) is 6.52. The number of rotatable bonds is 7. The maximum absolute atomic E-state index is 13.6. The lowest BCUT2D eigenvalue weighted by Crippen LogP contribution is -2.56. The van der Waals surface area contributed by atoms with Gasteiger partial charge in [0.15, 0.2) is 0 Å². The quantitative estimate of drug-likeness (QED) is 0.683. The molecular weight excluding hydrogens is 385 g/mol. The van der Waals surface area contributed by atoms with Crippen molar-refractivity contribution in [3.8, 4) is 5.75 Å². The predicted octanol–water partition coefficient (Wildman–Crippen LogP) is 4.35. The number of hydrazone groups is 1. The van der Waals surface area contributed by atoms with Crippen LogP contribution in [0, 0.1) is 0 Å². The summed E-state index contributed by atoms with van der Waals surface area (Å²) in [5.74, 6) is -0.516. The maximum atomic E-state index is 13.6. The van der Waals surface area contributed by atoms with Crippen LogP contribution in [0.15, 0.2) is 65.8 Å². The van der Waals surface area contributed by atoms with Crippen molar-refractivity contribution >= 4 is 11.6 Å². The highest BCUT2D eigenvalue weighted by Crippen LogP contribution is 2.42. The lowest BCUT2D eigenvalue weighted by molar-refractivity contribution is -0.302. The standard InChI is InChI=1S/C21H23F3N2O3/c1-4-5-6-8-15(2)11-12-19(27)26-20(28,21(22,23)24)14-18(25-26)16-9-7-10-17(13-16)29-3/h4-10,13,28H,2,11-12,14H2,1,3H3/b5-4-,8-6-. The molecule has 0 radical (unpaired) electrons. The van der Waals surface area contributed by atoms with Crippen molar-refractivity contribution in [1.82, 2.24) is 5.01 Å². The highest BCUT2D eigenvalue weighted by atomic mass is 19.4. The fourth-order valence-electron chi connectivity index (χ4n) is 2.75. The van der Waals surface area contributed by atoms with E-state index in [0.717, 1.165) is 0 Å². The van der Waals surface area contributed by atoms with Gasteiger partial charge < -0.3 is 9.84 Å². The van der Waals surface area contributed by atoms with Crippen LogP contribution in [0.5, 0.6) is 5.75 Å². The van der Waals surface area contributed by atoms with E-state index in [2.05, 4.69) is 11.7 Å². The normalized spacial score (nSPS) is 19.8. The Morgan fingerprint density at radius 3 is 2.72 bits per heavy atom. The van der Waals surface area contributed by atoms with Gasteiger partial charge in [0.25, 0.3) is 5.72 Å². The Balaban J connectivity index is 2.25. The maximum Gasteiger partial charge on any atom is 0.438 e. The average Bonchev–Trinajstić information content (AvgIpc) is 3.05. The second kappa shape index (κ2) is 9.09. The lowest BCUT2D eigenvalue weighted by atomic mass is 10.0. The van der Waals surface area contributed by atoms with Gasteiger partial charge in [0.1, 0.15) is 5.75 Å². The summed E-state index contributed by atoms with van der Waals surface area (Å²) < 4.78 is 45.9. The number of ether oxygens (including phenoxy) is 1. The number of allylic oxidation sites excluding steroid dienone is 5. The smallest absolute Gasteiger partial charge is 0.438 e. The Morgan fingerprint density at radius 1 is 1.38 bits per heavy atom. The number of carbonyl (C=O) groups is 1. The molecule has 29 heavy (non-hydrogen) atoms. The molecule has 1 atom stereocenters. The summed E-state index contributed by atoms with van der Waals surface area (Å²) in [7, 11) is 1.43. The van der Waals surface area contributed by atoms with Crippen LogP contribution >= 0.6 is 0 Å². The SMILES string of the molecule is C=C(/C=C\C=C/C)CCC(=O)N1N=C(c2cccc(OC)c2)CC1(O)C(F)(F)F.